The van der Waals surface area contributed by atoms with Crippen LogP contribution in [0.15, 0.2) is 0 Å². The van der Waals surface area contributed by atoms with Gasteiger partial charge in [-0.05, 0) is 107 Å². The minimum Gasteiger partial charge on any atom is -0.481 e. The van der Waals surface area contributed by atoms with Crippen molar-refractivity contribution in [3.8, 4) is 0 Å². The maximum atomic E-state index is 12.9. The van der Waals surface area contributed by atoms with Crippen LogP contribution in [-0.4, -0.2) is 101 Å². The van der Waals surface area contributed by atoms with E-state index < -0.39 is 51.8 Å². The van der Waals surface area contributed by atoms with Crippen LogP contribution in [0.3, 0.4) is 0 Å². The number of carboxylic acid groups (broad SMARTS) is 2. The number of nitrogens with one attached hydrogen (secondary N) is 4. The largest absolute Gasteiger partial charge is 0.481 e. The average molecular weight is 771 g/mol. The summed E-state index contributed by atoms with van der Waals surface area (Å²) >= 11 is 0. The van der Waals surface area contributed by atoms with Gasteiger partial charge in [0.15, 0.2) is 5.78 Å². The topological polar surface area (TPSA) is 209 Å². The van der Waals surface area contributed by atoms with Crippen LogP contribution in [0.1, 0.15) is 148 Å². The van der Waals surface area contributed by atoms with Crippen LogP contribution in [0, 0.1) is 16.7 Å². The van der Waals surface area contributed by atoms with Gasteiger partial charge in [0.2, 0.25) is 17.7 Å². The van der Waals surface area contributed by atoms with Gasteiger partial charge in [-0.1, -0.05) is 27.7 Å². The summed E-state index contributed by atoms with van der Waals surface area (Å²) in [4.78, 5) is 73.4. The summed E-state index contributed by atoms with van der Waals surface area (Å²) in [6.07, 6.45) is 3.53. The van der Waals surface area contributed by atoms with E-state index in [1.54, 1.807) is 0 Å². The first-order chi connectivity index (χ1) is 24.5. The Kier molecular flexibility index (Phi) is 21.2. The fourth-order valence-corrected chi connectivity index (χ4v) is 5.63. The highest BCUT2D eigenvalue weighted by Gasteiger charge is 2.34. The van der Waals surface area contributed by atoms with Crippen LogP contribution >= 0.6 is 0 Å². The van der Waals surface area contributed by atoms with Crippen LogP contribution in [0.5, 0.6) is 0 Å². The molecule has 0 aromatic rings. The molecule has 3 amide bonds. The molecule has 0 radical (unpaired) electrons. The lowest BCUT2D eigenvalue weighted by atomic mass is 9.83. The molecule has 3 atom stereocenters. The number of hydrogen-bond donors (Lipinski definition) is 6. The molecule has 0 bridgehead atoms. The third-order valence-corrected chi connectivity index (χ3v) is 9.09. The number of carbonyl (C=O) groups is 6. The SMILES string of the molecule is CC(CC(C)(C)C(=O)O)C(=O)N[C@@H](CCC(=O)NCCOC(C)(C)CCOC(C)(C)CCC(=O)NCCCC[C@H](NC(C)(C)C)C(=O)C(C)(C)C)C(=O)O. The molecule has 14 heteroatoms. The van der Waals surface area contributed by atoms with E-state index in [4.69, 9.17) is 9.47 Å². The van der Waals surface area contributed by atoms with Crippen molar-refractivity contribution in [3.63, 3.8) is 0 Å². The Morgan fingerprint density at radius 1 is 0.648 bits per heavy atom. The molecular formula is C40H74N4O10. The predicted molar refractivity (Wildman–Crippen MR) is 209 cm³/mol. The van der Waals surface area contributed by atoms with Crippen LogP contribution in [0.25, 0.3) is 0 Å². The van der Waals surface area contributed by atoms with E-state index in [1.165, 1.54) is 20.8 Å². The molecule has 0 rings (SSSR count). The first-order valence-electron chi connectivity index (χ1n) is 19.4. The minimum atomic E-state index is -1.29. The Bertz CT molecular complexity index is 1230. The maximum Gasteiger partial charge on any atom is 0.326 e. The molecular weight excluding hydrogens is 696 g/mol. The zero-order valence-electron chi connectivity index (χ0n) is 35.6. The van der Waals surface area contributed by atoms with Crippen LogP contribution in [0.2, 0.25) is 0 Å². The van der Waals surface area contributed by atoms with Crippen molar-refractivity contribution in [3.05, 3.63) is 0 Å². The van der Waals surface area contributed by atoms with E-state index in [2.05, 4.69) is 42.0 Å². The van der Waals surface area contributed by atoms with Crippen LogP contribution in [0.4, 0.5) is 0 Å². The van der Waals surface area contributed by atoms with Gasteiger partial charge in [-0.25, -0.2) is 4.79 Å². The molecule has 0 saturated heterocycles. The normalized spacial score (nSPS) is 14.5. The highest BCUT2D eigenvalue weighted by atomic mass is 16.5. The van der Waals surface area contributed by atoms with Gasteiger partial charge in [0.1, 0.15) is 6.04 Å². The van der Waals surface area contributed by atoms with Gasteiger partial charge in [0.25, 0.3) is 0 Å². The van der Waals surface area contributed by atoms with Crippen molar-refractivity contribution in [2.45, 2.75) is 177 Å². The lowest BCUT2D eigenvalue weighted by molar-refractivity contribution is -0.149. The summed E-state index contributed by atoms with van der Waals surface area (Å²) in [6, 6.07) is -1.51. The third-order valence-electron chi connectivity index (χ3n) is 9.09. The molecule has 0 aliphatic rings. The van der Waals surface area contributed by atoms with Crippen molar-refractivity contribution >= 4 is 35.4 Å². The van der Waals surface area contributed by atoms with Gasteiger partial charge in [0.05, 0.1) is 35.9 Å². The lowest BCUT2D eigenvalue weighted by Crippen LogP contribution is -2.50. The minimum absolute atomic E-state index is 0.0303. The third kappa shape index (κ3) is 23.0. The Morgan fingerprint density at radius 2 is 1.19 bits per heavy atom. The summed E-state index contributed by atoms with van der Waals surface area (Å²) in [7, 11) is 0. The first kappa shape index (κ1) is 50.9. The van der Waals surface area contributed by atoms with E-state index in [9.17, 15) is 39.0 Å². The average Bonchev–Trinajstić information content (AvgIpc) is 3.01. The summed E-state index contributed by atoms with van der Waals surface area (Å²) < 4.78 is 12.0. The van der Waals surface area contributed by atoms with Crippen molar-refractivity contribution in [1.82, 2.24) is 21.3 Å². The van der Waals surface area contributed by atoms with Crippen molar-refractivity contribution in [2.24, 2.45) is 16.7 Å². The highest BCUT2D eigenvalue weighted by molar-refractivity contribution is 5.89. The van der Waals surface area contributed by atoms with Gasteiger partial charge in [-0.15, -0.1) is 0 Å². The zero-order valence-corrected chi connectivity index (χ0v) is 35.6. The quantitative estimate of drug-likeness (QED) is 0.0612. The zero-order chi connectivity index (χ0) is 42.1. The predicted octanol–water partition coefficient (Wildman–Crippen LogP) is 5.01. The van der Waals surface area contributed by atoms with E-state index in [0.717, 1.165) is 19.3 Å². The summed E-state index contributed by atoms with van der Waals surface area (Å²) in [5.41, 5.74) is -2.83. The van der Waals surface area contributed by atoms with E-state index in [1.807, 2.05) is 48.5 Å². The van der Waals surface area contributed by atoms with E-state index in [-0.39, 0.29) is 61.6 Å². The number of ether oxygens (including phenoxy) is 2. The molecule has 14 nitrogen and oxygen atoms in total. The Labute approximate surface area is 324 Å². The van der Waals surface area contributed by atoms with Crippen molar-refractivity contribution < 1.29 is 48.5 Å². The van der Waals surface area contributed by atoms with E-state index >= 15 is 0 Å². The molecule has 0 heterocycles. The number of aliphatic carboxylic acids is 2. The Balaban J connectivity index is 4.45. The number of carbonyl (C=O) groups excluding carboxylic acids is 4. The van der Waals surface area contributed by atoms with Gasteiger partial charge in [-0.2, -0.15) is 0 Å². The number of ketones is 1. The van der Waals surface area contributed by atoms with Crippen molar-refractivity contribution in [1.29, 1.82) is 0 Å². The number of amides is 3. The second-order valence-electron chi connectivity index (χ2n) is 18.5. The van der Waals surface area contributed by atoms with Crippen molar-refractivity contribution in [2.75, 3.05) is 26.3 Å². The first-order valence-corrected chi connectivity index (χ1v) is 19.4. The fraction of sp³-hybridized carbons (Fsp3) is 0.850. The summed E-state index contributed by atoms with van der Waals surface area (Å²) in [5, 5.41) is 30.4. The monoisotopic (exact) mass is 771 g/mol. The van der Waals surface area contributed by atoms with Gasteiger partial charge in [0, 0.05) is 42.8 Å². The molecule has 6 N–H and O–H groups in total. The molecule has 0 fully saturated rings. The highest BCUT2D eigenvalue weighted by Crippen LogP contribution is 2.26. The second kappa shape index (κ2) is 22.5. The molecule has 314 valence electrons. The fourth-order valence-electron chi connectivity index (χ4n) is 5.63. The maximum absolute atomic E-state index is 12.9. The molecule has 0 aromatic carbocycles. The molecule has 0 aliphatic heterocycles. The second-order valence-corrected chi connectivity index (χ2v) is 18.5. The number of hydrogen-bond acceptors (Lipinski definition) is 9. The van der Waals surface area contributed by atoms with E-state index in [0.29, 0.717) is 32.4 Å². The Hall–Kier alpha value is -3.10. The molecule has 0 aliphatic carbocycles. The summed E-state index contributed by atoms with van der Waals surface area (Å²) in [5.74, 6) is -3.88. The Morgan fingerprint density at radius 3 is 1.72 bits per heavy atom. The molecule has 0 spiro atoms. The number of Topliss-reactive ketones (excluding diaryl/α,β-unsaturated/α-hetero) is 1. The molecule has 54 heavy (non-hydrogen) atoms. The van der Waals surface area contributed by atoms with Crippen LogP contribution in [-0.2, 0) is 38.2 Å². The summed E-state index contributed by atoms with van der Waals surface area (Å²) in [6.45, 7) is 25.6. The number of carboxylic acids is 2. The van der Waals surface area contributed by atoms with Gasteiger partial charge < -0.3 is 41.0 Å². The van der Waals surface area contributed by atoms with Gasteiger partial charge >= 0.3 is 11.9 Å². The standard InChI is InChI=1S/C40H74N4O10/c1-27(26-38(8,9)35(51)52)33(48)43-29(34(49)50)17-18-30(45)42-23-25-54-40(12,13)21-24-53-39(10,11)20-19-31(46)41-22-15-14-16-28(44-37(5,6)7)32(47)36(2,3)4/h27-29,44H,14-26H2,1-13H3,(H,41,46)(H,42,45)(H,43,48)(H,49,50)(H,51,52)/t27?,28-,29-/m0/s1. The van der Waals surface area contributed by atoms with Gasteiger partial charge in [-0.3, -0.25) is 24.0 Å². The molecule has 0 aromatic heterocycles. The smallest absolute Gasteiger partial charge is 0.326 e. The number of rotatable bonds is 27. The lowest BCUT2D eigenvalue weighted by Gasteiger charge is -2.32. The molecule has 1 unspecified atom stereocenters. The molecule has 0 saturated carbocycles. The number of unbranched alkanes of at least 4 members (excludes halogenated alkanes) is 1. The van der Waals surface area contributed by atoms with Crippen LogP contribution < -0.4 is 21.3 Å².